The van der Waals surface area contributed by atoms with Crippen molar-refractivity contribution < 1.29 is 23.0 Å². The van der Waals surface area contributed by atoms with Crippen LogP contribution in [0.25, 0.3) is 0 Å². The lowest BCUT2D eigenvalue weighted by Crippen LogP contribution is -2.17. The summed E-state index contributed by atoms with van der Waals surface area (Å²) < 4.78 is 42.0. The molecule has 0 saturated heterocycles. The number of nitrogens with zero attached hydrogens (tertiary/aromatic N) is 3. The van der Waals surface area contributed by atoms with Gasteiger partial charge < -0.3 is 15.6 Å². The predicted octanol–water partition coefficient (Wildman–Crippen LogP) is 2.86. The van der Waals surface area contributed by atoms with Gasteiger partial charge in [-0.3, -0.25) is 0 Å². The largest absolute Gasteiger partial charge is 0.573 e. The second-order valence-electron chi connectivity index (χ2n) is 4.22. The number of aromatic nitrogens is 2. The van der Waals surface area contributed by atoms with Crippen molar-refractivity contribution in [1.82, 2.24) is 9.66 Å². The highest BCUT2D eigenvalue weighted by Crippen LogP contribution is 2.31. The standard InChI is InChI=1S/C12H10F3IN4O2/c1-6-5-20(11(17)19-6)18-4-7-2-8(22-12(13,14)15)3-9(16)10(7)21/h2-5,21H,1H3,(H2,17,19). The number of phenols is 1. The first-order valence-corrected chi connectivity index (χ1v) is 6.87. The molecule has 22 heavy (non-hydrogen) atoms. The molecule has 1 heterocycles. The summed E-state index contributed by atoms with van der Waals surface area (Å²) in [4.78, 5) is 3.92. The van der Waals surface area contributed by atoms with E-state index in [9.17, 15) is 18.3 Å². The summed E-state index contributed by atoms with van der Waals surface area (Å²) in [6.07, 6.45) is -2.12. The van der Waals surface area contributed by atoms with Crippen molar-refractivity contribution in [3.63, 3.8) is 0 Å². The van der Waals surface area contributed by atoms with Gasteiger partial charge in [-0.05, 0) is 41.6 Å². The minimum Gasteiger partial charge on any atom is -0.506 e. The Labute approximate surface area is 136 Å². The highest BCUT2D eigenvalue weighted by Gasteiger charge is 2.31. The first-order valence-electron chi connectivity index (χ1n) is 5.80. The van der Waals surface area contributed by atoms with E-state index in [0.717, 1.165) is 18.3 Å². The number of hydrogen-bond donors (Lipinski definition) is 2. The fourth-order valence-corrected chi connectivity index (χ4v) is 2.22. The molecule has 0 radical (unpaired) electrons. The molecule has 1 aromatic heterocycles. The maximum Gasteiger partial charge on any atom is 0.573 e. The Balaban J connectivity index is 2.35. The lowest BCUT2D eigenvalue weighted by Gasteiger charge is -2.11. The monoisotopic (exact) mass is 426 g/mol. The minimum atomic E-state index is -4.82. The van der Waals surface area contributed by atoms with Crippen LogP contribution >= 0.6 is 22.6 Å². The Morgan fingerprint density at radius 2 is 2.14 bits per heavy atom. The van der Waals surface area contributed by atoms with Crippen LogP contribution in [0.15, 0.2) is 23.4 Å². The van der Waals surface area contributed by atoms with Crippen LogP contribution in [0, 0.1) is 10.5 Å². The van der Waals surface area contributed by atoms with Gasteiger partial charge in [-0.15, -0.1) is 13.2 Å². The normalized spacial score (nSPS) is 12.0. The Hall–Kier alpha value is -1.98. The molecule has 0 aliphatic rings. The van der Waals surface area contributed by atoms with E-state index >= 15 is 0 Å². The lowest BCUT2D eigenvalue weighted by atomic mass is 10.2. The quantitative estimate of drug-likeness (QED) is 0.584. The minimum absolute atomic E-state index is 0.0527. The first-order chi connectivity index (χ1) is 10.2. The zero-order valence-corrected chi connectivity index (χ0v) is 13.3. The molecule has 1 aromatic carbocycles. The van der Waals surface area contributed by atoms with Gasteiger partial charge in [0, 0.05) is 5.56 Å². The zero-order valence-electron chi connectivity index (χ0n) is 11.1. The number of nitrogen functional groups attached to an aromatic ring is 1. The third kappa shape index (κ3) is 4.02. The van der Waals surface area contributed by atoms with Crippen molar-refractivity contribution in [1.29, 1.82) is 0 Å². The first kappa shape index (κ1) is 16.4. The van der Waals surface area contributed by atoms with Gasteiger partial charge in [0.05, 0.1) is 21.7 Å². The van der Waals surface area contributed by atoms with Crippen molar-refractivity contribution in [2.45, 2.75) is 13.3 Å². The molecule has 10 heteroatoms. The van der Waals surface area contributed by atoms with Crippen molar-refractivity contribution in [2.24, 2.45) is 5.10 Å². The number of nitrogens with two attached hydrogens (primary N) is 1. The third-order valence-corrected chi connectivity index (χ3v) is 3.28. The van der Waals surface area contributed by atoms with Crippen LogP contribution in [0.4, 0.5) is 19.1 Å². The van der Waals surface area contributed by atoms with E-state index < -0.39 is 12.1 Å². The van der Waals surface area contributed by atoms with Gasteiger partial charge in [0.15, 0.2) is 0 Å². The van der Waals surface area contributed by atoms with E-state index in [1.165, 1.54) is 10.9 Å². The van der Waals surface area contributed by atoms with Crippen LogP contribution in [-0.4, -0.2) is 27.3 Å². The molecule has 0 saturated carbocycles. The molecule has 0 aliphatic heterocycles. The fraction of sp³-hybridized carbons (Fsp3) is 0.167. The van der Waals surface area contributed by atoms with Crippen LogP contribution in [0.3, 0.4) is 0 Å². The van der Waals surface area contributed by atoms with Crippen molar-refractivity contribution in [3.05, 3.63) is 33.2 Å². The molecule has 0 spiro atoms. The van der Waals surface area contributed by atoms with E-state index in [1.807, 2.05) is 0 Å². The topological polar surface area (TPSA) is 85.7 Å². The number of imidazole rings is 1. The molecule has 0 unspecified atom stereocenters. The molecule has 0 bridgehead atoms. The number of halogens is 4. The molecular weight excluding hydrogens is 416 g/mol. The second kappa shape index (κ2) is 6.02. The molecule has 0 fully saturated rings. The fourth-order valence-electron chi connectivity index (χ4n) is 1.61. The molecule has 2 aromatic rings. The average molecular weight is 426 g/mol. The maximum atomic E-state index is 12.3. The molecule has 0 amide bonds. The summed E-state index contributed by atoms with van der Waals surface area (Å²) in [7, 11) is 0. The lowest BCUT2D eigenvalue weighted by molar-refractivity contribution is -0.274. The average Bonchev–Trinajstić information content (AvgIpc) is 2.68. The molecule has 6 nitrogen and oxygen atoms in total. The highest BCUT2D eigenvalue weighted by atomic mass is 127. The number of benzene rings is 1. The Morgan fingerprint density at radius 1 is 1.45 bits per heavy atom. The van der Waals surface area contributed by atoms with Crippen LogP contribution in [0.5, 0.6) is 11.5 Å². The Morgan fingerprint density at radius 3 is 2.68 bits per heavy atom. The molecule has 2 rings (SSSR count). The van der Waals surface area contributed by atoms with Gasteiger partial charge in [-0.25, -0.2) is 9.66 Å². The van der Waals surface area contributed by atoms with Gasteiger partial charge >= 0.3 is 6.36 Å². The number of aromatic hydroxyl groups is 1. The van der Waals surface area contributed by atoms with E-state index in [-0.39, 0.29) is 20.8 Å². The SMILES string of the molecule is Cc1cn(N=Cc2cc(OC(F)(F)F)cc(I)c2O)c(N)n1. The number of rotatable bonds is 3. The van der Waals surface area contributed by atoms with Crippen LogP contribution in [0.1, 0.15) is 11.3 Å². The van der Waals surface area contributed by atoms with Gasteiger partial charge in [0.25, 0.3) is 0 Å². The van der Waals surface area contributed by atoms with Crippen molar-refractivity contribution in [2.75, 3.05) is 5.73 Å². The Kier molecular flexibility index (Phi) is 4.49. The van der Waals surface area contributed by atoms with E-state index in [2.05, 4.69) is 14.8 Å². The number of hydrogen-bond acceptors (Lipinski definition) is 5. The summed E-state index contributed by atoms with van der Waals surface area (Å²) in [5.74, 6) is -0.550. The van der Waals surface area contributed by atoms with Crippen LogP contribution in [-0.2, 0) is 0 Å². The van der Waals surface area contributed by atoms with Gasteiger partial charge in [0.1, 0.15) is 11.5 Å². The van der Waals surface area contributed by atoms with Crippen LogP contribution in [0.2, 0.25) is 0 Å². The second-order valence-corrected chi connectivity index (χ2v) is 5.38. The van der Waals surface area contributed by atoms with E-state index in [4.69, 9.17) is 5.73 Å². The molecule has 0 aliphatic carbocycles. The summed E-state index contributed by atoms with van der Waals surface area (Å²) in [5.41, 5.74) is 6.27. The third-order valence-electron chi connectivity index (χ3n) is 2.46. The Bertz CT molecular complexity index is 728. The number of aryl methyl sites for hydroxylation is 1. The van der Waals surface area contributed by atoms with Gasteiger partial charge in [-0.2, -0.15) is 5.10 Å². The molecule has 118 valence electrons. The molecular formula is C12H10F3IN4O2. The summed E-state index contributed by atoms with van der Waals surface area (Å²) in [6, 6.07) is 2.09. The number of anilines is 1. The zero-order chi connectivity index (χ0) is 16.5. The maximum absolute atomic E-state index is 12.3. The number of phenolic OH excluding ortho intramolecular Hbond substituents is 1. The smallest absolute Gasteiger partial charge is 0.506 e. The number of ether oxygens (including phenoxy) is 1. The van der Waals surface area contributed by atoms with E-state index in [1.54, 1.807) is 29.5 Å². The van der Waals surface area contributed by atoms with Gasteiger partial charge in [-0.1, -0.05) is 0 Å². The van der Waals surface area contributed by atoms with Crippen molar-refractivity contribution >= 4 is 34.8 Å². The van der Waals surface area contributed by atoms with E-state index in [0.29, 0.717) is 5.69 Å². The predicted molar refractivity (Wildman–Crippen MR) is 81.9 cm³/mol. The molecule has 0 atom stereocenters. The summed E-state index contributed by atoms with van der Waals surface area (Å²) >= 11 is 1.69. The summed E-state index contributed by atoms with van der Waals surface area (Å²) in [6.45, 7) is 1.71. The number of alkyl halides is 3. The van der Waals surface area contributed by atoms with Gasteiger partial charge in [0.2, 0.25) is 5.95 Å². The van der Waals surface area contributed by atoms with Crippen LogP contribution < -0.4 is 10.5 Å². The summed E-state index contributed by atoms with van der Waals surface area (Å²) in [5, 5.41) is 13.8. The highest BCUT2D eigenvalue weighted by molar-refractivity contribution is 14.1. The van der Waals surface area contributed by atoms with Crippen molar-refractivity contribution in [3.8, 4) is 11.5 Å². The molecule has 3 N–H and O–H groups in total.